The van der Waals surface area contributed by atoms with Crippen molar-refractivity contribution in [3.05, 3.63) is 29.6 Å². The van der Waals surface area contributed by atoms with Gasteiger partial charge in [-0.1, -0.05) is 13.3 Å². The maximum atomic E-state index is 6.28. The molecule has 0 bridgehead atoms. The van der Waals surface area contributed by atoms with Crippen LogP contribution < -0.4 is 5.73 Å². The first kappa shape index (κ1) is 8.70. The second-order valence-electron chi connectivity index (χ2n) is 4.04. The van der Waals surface area contributed by atoms with E-state index in [-0.39, 0.29) is 5.54 Å². The molecule has 0 spiro atoms. The molecular formula is C11H16N2. The van der Waals surface area contributed by atoms with E-state index in [0.29, 0.717) is 5.92 Å². The lowest BCUT2D eigenvalue weighted by molar-refractivity contribution is 0.609. The van der Waals surface area contributed by atoms with Gasteiger partial charge in [0.05, 0.1) is 0 Å². The van der Waals surface area contributed by atoms with E-state index in [9.17, 15) is 0 Å². The van der Waals surface area contributed by atoms with Gasteiger partial charge in [0, 0.05) is 17.9 Å². The van der Waals surface area contributed by atoms with Crippen LogP contribution in [0.25, 0.3) is 0 Å². The third-order valence-electron chi connectivity index (χ3n) is 3.19. The van der Waals surface area contributed by atoms with Crippen molar-refractivity contribution in [2.24, 2.45) is 11.7 Å². The van der Waals surface area contributed by atoms with E-state index in [1.807, 2.05) is 18.5 Å². The summed E-state index contributed by atoms with van der Waals surface area (Å²) in [4.78, 5) is 4.14. The number of nitrogens with zero attached hydrogens (tertiary/aromatic N) is 1. The zero-order valence-electron chi connectivity index (χ0n) is 8.25. The van der Waals surface area contributed by atoms with Crippen molar-refractivity contribution in [2.45, 2.75) is 32.2 Å². The molecule has 0 aliphatic heterocycles. The molecular weight excluding hydrogens is 160 g/mol. The van der Waals surface area contributed by atoms with Gasteiger partial charge in [-0.3, -0.25) is 4.98 Å². The van der Waals surface area contributed by atoms with Gasteiger partial charge in [0.25, 0.3) is 0 Å². The third kappa shape index (κ3) is 1.25. The molecule has 13 heavy (non-hydrogen) atoms. The summed E-state index contributed by atoms with van der Waals surface area (Å²) in [5, 5.41) is 0. The fourth-order valence-corrected chi connectivity index (χ4v) is 2.14. The SMILES string of the molecule is CCC1CC1(N)c1cnccc1C. The minimum Gasteiger partial charge on any atom is -0.321 e. The van der Waals surface area contributed by atoms with E-state index in [4.69, 9.17) is 5.73 Å². The van der Waals surface area contributed by atoms with Crippen molar-refractivity contribution in [1.29, 1.82) is 0 Å². The van der Waals surface area contributed by atoms with Crippen molar-refractivity contribution in [2.75, 3.05) is 0 Å². The highest BCUT2D eigenvalue weighted by atomic mass is 14.9. The van der Waals surface area contributed by atoms with Crippen LogP contribution in [0.5, 0.6) is 0 Å². The van der Waals surface area contributed by atoms with Gasteiger partial charge in [0.1, 0.15) is 0 Å². The Morgan fingerprint density at radius 1 is 1.69 bits per heavy atom. The maximum absolute atomic E-state index is 6.28. The number of aromatic nitrogens is 1. The van der Waals surface area contributed by atoms with Crippen molar-refractivity contribution in [3.63, 3.8) is 0 Å². The van der Waals surface area contributed by atoms with Gasteiger partial charge in [0.15, 0.2) is 0 Å². The second-order valence-corrected chi connectivity index (χ2v) is 4.04. The largest absolute Gasteiger partial charge is 0.321 e. The van der Waals surface area contributed by atoms with Gasteiger partial charge in [-0.2, -0.15) is 0 Å². The van der Waals surface area contributed by atoms with Crippen molar-refractivity contribution >= 4 is 0 Å². The van der Waals surface area contributed by atoms with Gasteiger partial charge in [0.2, 0.25) is 0 Å². The van der Waals surface area contributed by atoms with Crippen LogP contribution in [-0.2, 0) is 5.54 Å². The average Bonchev–Trinajstić information content (AvgIpc) is 2.79. The lowest BCUT2D eigenvalue weighted by atomic mass is 10.00. The number of hydrogen-bond acceptors (Lipinski definition) is 2. The second kappa shape index (κ2) is 2.81. The van der Waals surface area contributed by atoms with Crippen molar-refractivity contribution in [3.8, 4) is 0 Å². The van der Waals surface area contributed by atoms with E-state index >= 15 is 0 Å². The molecule has 1 saturated carbocycles. The highest BCUT2D eigenvalue weighted by Crippen LogP contribution is 2.51. The molecule has 1 aliphatic rings. The Morgan fingerprint density at radius 2 is 2.46 bits per heavy atom. The van der Waals surface area contributed by atoms with Crippen LogP contribution in [0, 0.1) is 12.8 Å². The molecule has 1 heterocycles. The summed E-state index contributed by atoms with van der Waals surface area (Å²) in [5.41, 5.74) is 8.73. The number of hydrogen-bond donors (Lipinski definition) is 1. The zero-order valence-corrected chi connectivity index (χ0v) is 8.25. The van der Waals surface area contributed by atoms with Crippen molar-refractivity contribution < 1.29 is 0 Å². The lowest BCUT2D eigenvalue weighted by Gasteiger charge is -2.13. The molecule has 2 rings (SSSR count). The summed E-state index contributed by atoms with van der Waals surface area (Å²) in [6, 6.07) is 2.04. The molecule has 70 valence electrons. The molecule has 1 fully saturated rings. The Labute approximate surface area is 79.2 Å². The summed E-state index contributed by atoms with van der Waals surface area (Å²) >= 11 is 0. The molecule has 1 aliphatic carbocycles. The quantitative estimate of drug-likeness (QED) is 0.748. The molecule has 2 nitrogen and oxygen atoms in total. The van der Waals surface area contributed by atoms with Crippen LogP contribution in [0.2, 0.25) is 0 Å². The zero-order chi connectivity index (χ0) is 9.47. The van der Waals surface area contributed by atoms with Gasteiger partial charge >= 0.3 is 0 Å². The Kier molecular flexibility index (Phi) is 1.88. The van der Waals surface area contributed by atoms with E-state index in [0.717, 1.165) is 6.42 Å². The molecule has 2 heteroatoms. The van der Waals surface area contributed by atoms with Crippen LogP contribution in [-0.4, -0.2) is 4.98 Å². The Morgan fingerprint density at radius 3 is 3.00 bits per heavy atom. The van der Waals surface area contributed by atoms with Crippen molar-refractivity contribution in [1.82, 2.24) is 4.98 Å². The molecule has 0 saturated heterocycles. The smallest absolute Gasteiger partial charge is 0.0460 e. The highest BCUT2D eigenvalue weighted by molar-refractivity contribution is 5.35. The van der Waals surface area contributed by atoms with E-state index < -0.39 is 0 Å². The maximum Gasteiger partial charge on any atom is 0.0460 e. The predicted molar refractivity (Wildman–Crippen MR) is 53.2 cm³/mol. The topological polar surface area (TPSA) is 38.9 Å². The molecule has 0 aromatic carbocycles. The molecule has 0 amide bonds. The predicted octanol–water partition coefficient (Wildman–Crippen LogP) is 1.97. The first-order chi connectivity index (χ1) is 6.18. The fourth-order valence-electron chi connectivity index (χ4n) is 2.14. The summed E-state index contributed by atoms with van der Waals surface area (Å²) in [6.07, 6.45) is 6.04. The van der Waals surface area contributed by atoms with Crippen LogP contribution in [0.1, 0.15) is 30.9 Å². The van der Waals surface area contributed by atoms with E-state index in [1.165, 1.54) is 17.5 Å². The fraction of sp³-hybridized carbons (Fsp3) is 0.545. The van der Waals surface area contributed by atoms with Crippen LogP contribution in [0.3, 0.4) is 0 Å². The minimum atomic E-state index is -0.0624. The third-order valence-corrected chi connectivity index (χ3v) is 3.19. The standard InChI is InChI=1S/C11H16N2/c1-3-9-6-11(9,12)10-7-13-5-4-8(10)2/h4-5,7,9H,3,6,12H2,1-2H3. The molecule has 2 atom stereocenters. The molecule has 2 N–H and O–H groups in total. The van der Waals surface area contributed by atoms with Gasteiger partial charge in [-0.05, 0) is 36.5 Å². The summed E-state index contributed by atoms with van der Waals surface area (Å²) < 4.78 is 0. The minimum absolute atomic E-state index is 0.0624. The van der Waals surface area contributed by atoms with Gasteiger partial charge in [-0.25, -0.2) is 0 Å². The average molecular weight is 176 g/mol. The first-order valence-electron chi connectivity index (χ1n) is 4.88. The lowest BCUT2D eigenvalue weighted by Crippen LogP contribution is -2.23. The Balaban J connectivity index is 2.32. The first-order valence-corrected chi connectivity index (χ1v) is 4.88. The molecule has 2 unspecified atom stereocenters. The summed E-state index contributed by atoms with van der Waals surface area (Å²) in [5.74, 6) is 0.662. The normalized spacial score (nSPS) is 31.8. The number of nitrogens with two attached hydrogens (primary N) is 1. The molecule has 1 aromatic rings. The Bertz CT molecular complexity index is 322. The summed E-state index contributed by atoms with van der Waals surface area (Å²) in [7, 11) is 0. The highest BCUT2D eigenvalue weighted by Gasteiger charge is 2.51. The number of rotatable bonds is 2. The van der Waals surface area contributed by atoms with Crippen LogP contribution in [0.4, 0.5) is 0 Å². The van der Waals surface area contributed by atoms with Gasteiger partial charge < -0.3 is 5.73 Å². The monoisotopic (exact) mass is 176 g/mol. The number of aryl methyl sites for hydroxylation is 1. The van der Waals surface area contributed by atoms with E-state index in [2.05, 4.69) is 18.8 Å². The van der Waals surface area contributed by atoms with Crippen LogP contribution in [0.15, 0.2) is 18.5 Å². The Hall–Kier alpha value is -0.890. The van der Waals surface area contributed by atoms with Gasteiger partial charge in [-0.15, -0.1) is 0 Å². The number of pyridine rings is 1. The van der Waals surface area contributed by atoms with Crippen LogP contribution >= 0.6 is 0 Å². The molecule has 0 radical (unpaired) electrons. The summed E-state index contributed by atoms with van der Waals surface area (Å²) in [6.45, 7) is 4.31. The molecule has 1 aromatic heterocycles. The van der Waals surface area contributed by atoms with E-state index in [1.54, 1.807) is 0 Å².